The number of hydrogen-bond acceptors (Lipinski definition) is 3. The van der Waals surface area contributed by atoms with Crippen LogP contribution in [-0.2, 0) is 10.9 Å². The summed E-state index contributed by atoms with van der Waals surface area (Å²) in [4.78, 5) is 18.5. The molecule has 0 radical (unpaired) electrons. The summed E-state index contributed by atoms with van der Waals surface area (Å²) in [6, 6.07) is 27.3. The maximum absolute atomic E-state index is 10.6. The second-order valence-corrected chi connectivity index (χ2v) is 6.75. The predicted octanol–water partition coefficient (Wildman–Crippen LogP) is 4.35. The lowest BCUT2D eigenvalue weighted by Crippen LogP contribution is -2.07. The lowest BCUT2D eigenvalue weighted by Gasteiger charge is -2.08. The van der Waals surface area contributed by atoms with E-state index in [2.05, 4.69) is 29.1 Å². The number of hydrogen-bond donors (Lipinski definition) is 0. The van der Waals surface area contributed by atoms with Crippen LogP contribution in [0.5, 0.6) is 5.75 Å². The van der Waals surface area contributed by atoms with E-state index in [1.54, 1.807) is 18.2 Å². The zero-order valence-corrected chi connectivity index (χ0v) is 13.0. The maximum Gasteiger partial charge on any atom is 0.299 e. The molecule has 0 aromatic heterocycles. The molecule has 0 bridgehead atoms. The molecule has 5 heteroatoms. The van der Waals surface area contributed by atoms with Crippen molar-refractivity contribution in [2.24, 2.45) is 0 Å². The van der Waals surface area contributed by atoms with Crippen LogP contribution in [0.25, 0.3) is 0 Å². The molecule has 0 unspecified atom stereocenters. The largest absolute Gasteiger partial charge is 0.299 e. The summed E-state index contributed by atoms with van der Waals surface area (Å²) in [5, 5.41) is 9.79. The normalized spacial score (nSPS) is 10.5. The Morgan fingerprint density at radius 2 is 1.26 bits per heavy atom. The van der Waals surface area contributed by atoms with E-state index in [1.165, 1.54) is 0 Å². The van der Waals surface area contributed by atoms with Crippen molar-refractivity contribution in [2.75, 3.05) is 0 Å². The monoisotopic (exact) mass is 324 g/mol. The van der Waals surface area contributed by atoms with E-state index in [0.717, 1.165) is 14.7 Å². The highest BCUT2D eigenvalue weighted by molar-refractivity contribution is 7.97. The lowest BCUT2D eigenvalue weighted by atomic mass is 10.3. The highest BCUT2D eigenvalue weighted by Gasteiger charge is 2.28. The molecule has 0 aliphatic carbocycles. The molecule has 0 N–H and O–H groups in total. The Balaban J connectivity index is 2.07. The van der Waals surface area contributed by atoms with Crippen LogP contribution in [0.15, 0.2) is 99.6 Å². The lowest BCUT2D eigenvalue weighted by molar-refractivity contribution is -0.711. The van der Waals surface area contributed by atoms with Crippen LogP contribution in [0.4, 0.5) is 0 Å². The van der Waals surface area contributed by atoms with Gasteiger partial charge in [0, 0.05) is 6.07 Å². The van der Waals surface area contributed by atoms with E-state index in [4.69, 9.17) is 0 Å². The third-order valence-corrected chi connectivity index (χ3v) is 5.39. The zero-order valence-electron chi connectivity index (χ0n) is 12.2. The molecule has 0 saturated heterocycles. The van der Waals surface area contributed by atoms with Gasteiger partial charge >= 0.3 is 0 Å². The Kier molecular flexibility index (Phi) is 4.59. The minimum atomic E-state index is -0.789. The highest BCUT2D eigenvalue weighted by atomic mass is 32.2. The van der Waals surface area contributed by atoms with E-state index in [0.29, 0.717) is 0 Å². The average molecular weight is 324 g/mol. The summed E-state index contributed by atoms with van der Waals surface area (Å²) in [6.45, 7) is 0. The topological polar surface area (TPSA) is 52.4 Å². The van der Waals surface area contributed by atoms with E-state index in [9.17, 15) is 10.1 Å². The summed E-state index contributed by atoms with van der Waals surface area (Å²) < 4.78 is 0. The molecule has 0 fully saturated rings. The molecule has 0 atom stereocenters. The first kappa shape index (κ1) is 15.1. The summed E-state index contributed by atoms with van der Waals surface area (Å²) >= 11 is 0. The van der Waals surface area contributed by atoms with Gasteiger partial charge in [-0.3, -0.25) is 4.84 Å². The van der Waals surface area contributed by atoms with E-state index < -0.39 is 5.09 Å². The molecule has 0 amide bonds. The molecule has 0 heterocycles. The predicted molar refractivity (Wildman–Crippen MR) is 89.1 cm³/mol. The van der Waals surface area contributed by atoms with Crippen molar-refractivity contribution in [3.63, 3.8) is 0 Å². The van der Waals surface area contributed by atoms with E-state index >= 15 is 0 Å². The summed E-state index contributed by atoms with van der Waals surface area (Å²) in [5.41, 5.74) is 0. The van der Waals surface area contributed by atoms with Crippen molar-refractivity contribution in [3.05, 3.63) is 95.0 Å². The first-order valence-corrected chi connectivity index (χ1v) is 8.23. The molecule has 114 valence electrons. The minimum absolute atomic E-state index is 0.233. The fraction of sp³-hybridized carbons (Fsp3) is 0. The van der Waals surface area contributed by atoms with Gasteiger partial charge in [0.05, 0.1) is 10.9 Å². The quantitative estimate of drug-likeness (QED) is 0.398. The van der Waals surface area contributed by atoms with Crippen molar-refractivity contribution in [3.8, 4) is 5.75 Å². The van der Waals surface area contributed by atoms with Crippen molar-refractivity contribution in [2.45, 2.75) is 14.7 Å². The standard InChI is InChI=1S/C18H14NO3S/c20-19(21)22-15-8-7-13-18(14-15)23(16-9-3-1-4-10-16)17-11-5-2-6-12-17/h1-14H/q+1. The summed E-state index contributed by atoms with van der Waals surface area (Å²) in [7, 11) is -0.342. The highest BCUT2D eigenvalue weighted by Crippen LogP contribution is 2.32. The van der Waals surface area contributed by atoms with E-state index in [-0.39, 0.29) is 16.6 Å². The van der Waals surface area contributed by atoms with Gasteiger partial charge in [-0.2, -0.15) is 0 Å². The molecule has 3 rings (SSSR count). The van der Waals surface area contributed by atoms with Gasteiger partial charge in [0.15, 0.2) is 14.7 Å². The number of nitrogens with zero attached hydrogens (tertiary/aromatic N) is 1. The van der Waals surface area contributed by atoms with Gasteiger partial charge < -0.3 is 0 Å². The molecular formula is C18H14NO3S+. The van der Waals surface area contributed by atoms with Crippen LogP contribution < -0.4 is 4.84 Å². The van der Waals surface area contributed by atoms with Gasteiger partial charge in [0.1, 0.15) is 5.75 Å². The fourth-order valence-corrected chi connectivity index (χ4v) is 4.39. The number of benzene rings is 3. The maximum atomic E-state index is 10.6. The van der Waals surface area contributed by atoms with Crippen LogP contribution in [0.3, 0.4) is 0 Å². The molecule has 4 nitrogen and oxygen atoms in total. The van der Waals surface area contributed by atoms with Crippen LogP contribution in [0, 0.1) is 10.1 Å². The van der Waals surface area contributed by atoms with Crippen LogP contribution in [0.1, 0.15) is 0 Å². The molecule has 0 aliphatic heterocycles. The summed E-state index contributed by atoms with van der Waals surface area (Å²) in [6.07, 6.45) is 0. The Bertz CT molecular complexity index is 754. The molecule has 3 aromatic carbocycles. The first-order valence-electron chi connectivity index (χ1n) is 7.01. The Morgan fingerprint density at radius 3 is 1.78 bits per heavy atom. The third-order valence-electron chi connectivity index (χ3n) is 3.18. The smallest absolute Gasteiger partial charge is 0.276 e. The van der Waals surface area contributed by atoms with Crippen LogP contribution in [-0.4, -0.2) is 5.09 Å². The second kappa shape index (κ2) is 6.98. The second-order valence-electron chi connectivity index (χ2n) is 4.72. The van der Waals surface area contributed by atoms with Crippen molar-refractivity contribution < 1.29 is 9.92 Å². The van der Waals surface area contributed by atoms with Crippen LogP contribution >= 0.6 is 0 Å². The fourth-order valence-electron chi connectivity index (χ4n) is 2.27. The van der Waals surface area contributed by atoms with Crippen molar-refractivity contribution in [1.29, 1.82) is 0 Å². The van der Waals surface area contributed by atoms with Gasteiger partial charge in [-0.1, -0.05) is 42.5 Å². The summed E-state index contributed by atoms with van der Waals surface area (Å²) in [5.74, 6) is 0.233. The van der Waals surface area contributed by atoms with E-state index in [1.807, 2.05) is 42.5 Å². The Hall–Kier alpha value is -2.79. The number of rotatable bonds is 5. The molecule has 0 spiro atoms. The zero-order chi connectivity index (χ0) is 16.1. The molecule has 0 saturated carbocycles. The SMILES string of the molecule is O=[N+]([O-])Oc1cccc([S+](c2ccccc2)c2ccccc2)c1. The third kappa shape index (κ3) is 3.70. The van der Waals surface area contributed by atoms with Crippen LogP contribution in [0.2, 0.25) is 0 Å². The van der Waals surface area contributed by atoms with Gasteiger partial charge in [-0.15, -0.1) is 10.1 Å². The first-order chi connectivity index (χ1) is 11.2. The van der Waals surface area contributed by atoms with Crippen molar-refractivity contribution in [1.82, 2.24) is 0 Å². The molecule has 3 aromatic rings. The Labute approximate surface area is 136 Å². The van der Waals surface area contributed by atoms with Gasteiger partial charge in [-0.25, -0.2) is 0 Å². The van der Waals surface area contributed by atoms with Crippen molar-refractivity contribution >= 4 is 10.9 Å². The van der Waals surface area contributed by atoms with Gasteiger partial charge in [-0.05, 0) is 36.4 Å². The average Bonchev–Trinajstić information content (AvgIpc) is 2.57. The van der Waals surface area contributed by atoms with Gasteiger partial charge in [0.2, 0.25) is 0 Å². The molecule has 0 aliphatic rings. The minimum Gasteiger partial charge on any atom is -0.276 e. The van der Waals surface area contributed by atoms with Gasteiger partial charge in [0.25, 0.3) is 5.09 Å². The molecular weight excluding hydrogens is 310 g/mol. The molecule has 23 heavy (non-hydrogen) atoms. The Morgan fingerprint density at radius 1 is 0.739 bits per heavy atom.